The van der Waals surface area contributed by atoms with E-state index in [0.29, 0.717) is 6.42 Å². The van der Waals surface area contributed by atoms with E-state index in [-0.39, 0.29) is 6.61 Å². The molecule has 20 atom stereocenters. The van der Waals surface area contributed by atoms with E-state index in [0.717, 1.165) is 19.3 Å². The highest BCUT2D eigenvalue weighted by Crippen LogP contribution is 2.34. The van der Waals surface area contributed by atoms with Crippen molar-refractivity contribution in [2.24, 2.45) is 0 Å². The van der Waals surface area contributed by atoms with Crippen LogP contribution in [-0.4, -0.2) is 199 Å². The highest BCUT2D eigenvalue weighted by Gasteiger charge is 2.54. The van der Waals surface area contributed by atoms with Crippen LogP contribution in [0.3, 0.4) is 0 Å². The Labute approximate surface area is 347 Å². The van der Waals surface area contributed by atoms with Crippen LogP contribution in [0.15, 0.2) is 0 Å². The quantitative estimate of drug-likeness (QED) is 0.0509. The van der Waals surface area contributed by atoms with Crippen LogP contribution >= 0.6 is 0 Å². The maximum absolute atomic E-state index is 11.3. The third-order valence-electron chi connectivity index (χ3n) is 11.9. The number of ether oxygens (including phenoxy) is 8. The van der Waals surface area contributed by atoms with E-state index in [1.165, 1.54) is 78.1 Å². The molecule has 0 unspecified atom stereocenters. The van der Waals surface area contributed by atoms with E-state index in [1.54, 1.807) is 0 Å². The summed E-state index contributed by atoms with van der Waals surface area (Å²) in [7, 11) is 0. The fraction of sp³-hybridized carbons (Fsp3) is 1.00. The van der Waals surface area contributed by atoms with Gasteiger partial charge < -0.3 is 94.1 Å². The van der Waals surface area contributed by atoms with E-state index in [1.807, 2.05) is 0 Å². The van der Waals surface area contributed by atoms with E-state index in [4.69, 9.17) is 37.9 Å². The van der Waals surface area contributed by atoms with Gasteiger partial charge in [-0.2, -0.15) is 0 Å². The number of unbranched alkanes of at least 4 members (excludes halogenated alkanes) is 13. The van der Waals surface area contributed by atoms with Gasteiger partial charge in [0, 0.05) is 6.61 Å². The van der Waals surface area contributed by atoms with Crippen LogP contribution in [0.4, 0.5) is 0 Å². The molecule has 19 heteroatoms. The fourth-order valence-corrected chi connectivity index (χ4v) is 7.92. The van der Waals surface area contributed by atoms with Crippen molar-refractivity contribution in [2.75, 3.05) is 19.8 Å². The van der Waals surface area contributed by atoms with Crippen molar-refractivity contribution in [3.8, 4) is 0 Å². The van der Waals surface area contributed by atoms with Crippen molar-refractivity contribution in [3.63, 3.8) is 0 Å². The first-order chi connectivity index (χ1) is 28.2. The minimum absolute atomic E-state index is 0.249. The molecule has 0 aromatic carbocycles. The molecule has 0 spiro atoms. The van der Waals surface area contributed by atoms with Gasteiger partial charge in [-0.25, -0.2) is 0 Å². The Morgan fingerprint density at radius 1 is 0.390 bits per heavy atom. The Morgan fingerprint density at radius 3 is 1.44 bits per heavy atom. The number of rotatable bonds is 24. The summed E-state index contributed by atoms with van der Waals surface area (Å²) in [6, 6.07) is 0. The van der Waals surface area contributed by atoms with Crippen molar-refractivity contribution in [2.45, 2.75) is 233 Å². The van der Waals surface area contributed by atoms with Gasteiger partial charge >= 0.3 is 0 Å². The molecule has 0 bridgehead atoms. The summed E-state index contributed by atoms with van der Waals surface area (Å²) in [6.07, 6.45) is -14.3. The van der Waals surface area contributed by atoms with Gasteiger partial charge in [0.2, 0.25) is 0 Å². The predicted octanol–water partition coefficient (Wildman–Crippen LogP) is -1.19. The van der Waals surface area contributed by atoms with Crippen LogP contribution in [0.5, 0.6) is 0 Å². The highest BCUT2D eigenvalue weighted by molar-refractivity contribution is 4.96. The topological polar surface area (TPSA) is 296 Å². The summed E-state index contributed by atoms with van der Waals surface area (Å²) >= 11 is 0. The second kappa shape index (κ2) is 25.5. The average molecular weight is 859 g/mol. The molecular formula is C40H74O19. The van der Waals surface area contributed by atoms with E-state index >= 15 is 0 Å². The monoisotopic (exact) mass is 858 g/mol. The van der Waals surface area contributed by atoms with Crippen LogP contribution in [0.1, 0.15) is 111 Å². The van der Waals surface area contributed by atoms with Crippen LogP contribution in [-0.2, 0) is 37.9 Å². The highest BCUT2D eigenvalue weighted by atomic mass is 16.8. The zero-order valence-electron chi connectivity index (χ0n) is 34.8. The second-order valence-corrected chi connectivity index (χ2v) is 16.6. The molecule has 19 nitrogen and oxygen atoms in total. The Kier molecular flexibility index (Phi) is 22.0. The standard InChI is InChI=1S/C40H74O19/c1-4-5-6-7-8-9-10-11-12-13-14-15-16-17-18-52-37-32(49)30(47)28(45)24(57-37)20-53-38-34(51)35(26(43)22(3)54-38)58-40-36(31(48)27(44)23(19-41)56-40)59-39-33(50)29(46)25(42)21(2)55-39/h21-51H,4-20H2,1-3H3/t21-,22+,23+,24+,25-,26+,27-,28-,29-,30-,31-,32-,33-,34-,35+,36+,37-,38-,39+,40-/m0/s1. The molecule has 4 rings (SSSR count). The van der Waals surface area contributed by atoms with Gasteiger partial charge in [0.25, 0.3) is 0 Å². The van der Waals surface area contributed by atoms with Crippen LogP contribution < -0.4 is 0 Å². The average Bonchev–Trinajstić information content (AvgIpc) is 3.22. The third kappa shape index (κ3) is 14.1. The number of aliphatic hydroxyl groups excluding tert-OH is 11. The molecule has 11 N–H and O–H groups in total. The molecule has 4 aliphatic rings. The number of aliphatic hydroxyl groups is 11. The molecule has 4 aliphatic heterocycles. The fourth-order valence-electron chi connectivity index (χ4n) is 7.92. The first kappa shape index (κ1) is 50.9. The van der Waals surface area contributed by atoms with E-state index in [2.05, 4.69) is 6.92 Å². The van der Waals surface area contributed by atoms with Crippen molar-refractivity contribution >= 4 is 0 Å². The minimum Gasteiger partial charge on any atom is -0.394 e. The molecule has 0 radical (unpaired) electrons. The first-order valence-electron chi connectivity index (χ1n) is 21.8. The van der Waals surface area contributed by atoms with Gasteiger partial charge in [0.05, 0.1) is 25.4 Å². The second-order valence-electron chi connectivity index (χ2n) is 16.6. The van der Waals surface area contributed by atoms with Gasteiger partial charge in [0.15, 0.2) is 25.2 Å². The SMILES string of the molecule is CCCCCCCCCCCCCCCCO[C@H]1O[C@H](CO[C@H]2O[C@H](C)[C@@H](O)[C@@H](O[C@@H]3O[C@H](CO)[C@H](O)[C@H](O)[C@H]3O[C@H]3O[C@@H](C)[C@H](O)[C@H](O)[C@@H]3O)[C@@H]2O)[C@H](O)[C@H](O)[C@@H]1O. The lowest BCUT2D eigenvalue weighted by Gasteiger charge is -2.48. The number of hydrogen-bond acceptors (Lipinski definition) is 19. The maximum atomic E-state index is 11.3. The van der Waals surface area contributed by atoms with Gasteiger partial charge in [-0.3, -0.25) is 0 Å². The molecule has 4 saturated heterocycles. The minimum atomic E-state index is -1.85. The number of hydrogen-bond donors (Lipinski definition) is 11. The van der Waals surface area contributed by atoms with Gasteiger partial charge in [-0.05, 0) is 20.3 Å². The third-order valence-corrected chi connectivity index (χ3v) is 11.9. The molecule has 4 fully saturated rings. The molecule has 59 heavy (non-hydrogen) atoms. The lowest BCUT2D eigenvalue weighted by molar-refractivity contribution is -0.388. The van der Waals surface area contributed by atoms with Crippen molar-refractivity contribution in [1.29, 1.82) is 0 Å². The largest absolute Gasteiger partial charge is 0.394 e. The molecule has 0 aromatic heterocycles. The van der Waals surface area contributed by atoms with Crippen molar-refractivity contribution < 1.29 is 94.1 Å². The molecule has 0 amide bonds. The van der Waals surface area contributed by atoms with Crippen LogP contribution in [0.25, 0.3) is 0 Å². The lowest BCUT2D eigenvalue weighted by Crippen LogP contribution is -2.66. The summed E-state index contributed by atoms with van der Waals surface area (Å²) in [4.78, 5) is 0. The smallest absolute Gasteiger partial charge is 0.187 e. The van der Waals surface area contributed by atoms with E-state index in [9.17, 15) is 56.2 Å². The van der Waals surface area contributed by atoms with Gasteiger partial charge in [-0.15, -0.1) is 0 Å². The summed E-state index contributed by atoms with van der Waals surface area (Å²) in [5.41, 5.74) is 0. The van der Waals surface area contributed by atoms with Crippen molar-refractivity contribution in [3.05, 3.63) is 0 Å². The maximum Gasteiger partial charge on any atom is 0.187 e. The summed E-state index contributed by atoms with van der Waals surface area (Å²) in [5, 5.41) is 117. The zero-order valence-corrected chi connectivity index (χ0v) is 34.8. The van der Waals surface area contributed by atoms with Crippen LogP contribution in [0, 0.1) is 0 Å². The zero-order chi connectivity index (χ0) is 43.2. The summed E-state index contributed by atoms with van der Waals surface area (Å²) in [6.45, 7) is 4.06. The molecule has 348 valence electrons. The molecule has 0 saturated carbocycles. The predicted molar refractivity (Wildman–Crippen MR) is 205 cm³/mol. The molecule has 0 aromatic rings. The van der Waals surface area contributed by atoms with Crippen LogP contribution in [0.2, 0.25) is 0 Å². The lowest BCUT2D eigenvalue weighted by atomic mass is 9.96. The normalized spacial score (nSPS) is 43.2. The van der Waals surface area contributed by atoms with E-state index < -0.39 is 136 Å². The molecule has 0 aliphatic carbocycles. The summed E-state index contributed by atoms with van der Waals surface area (Å²) in [5.74, 6) is 0. The Balaban J connectivity index is 1.26. The Bertz CT molecular complexity index is 1140. The molecular weight excluding hydrogens is 784 g/mol. The Morgan fingerprint density at radius 2 is 0.847 bits per heavy atom. The van der Waals surface area contributed by atoms with Gasteiger partial charge in [-0.1, -0.05) is 90.4 Å². The Hall–Kier alpha value is -0.760. The first-order valence-corrected chi connectivity index (χ1v) is 21.8. The van der Waals surface area contributed by atoms with Gasteiger partial charge in [0.1, 0.15) is 85.5 Å². The molecule has 4 heterocycles. The summed E-state index contributed by atoms with van der Waals surface area (Å²) < 4.78 is 45.8. The van der Waals surface area contributed by atoms with Crippen molar-refractivity contribution in [1.82, 2.24) is 0 Å².